The number of benzene rings is 1. The molecular formula is C13H12Cl2N2OS. The van der Waals surface area contributed by atoms with E-state index in [1.807, 2.05) is 13.8 Å². The maximum Gasteiger partial charge on any atom is 0.251 e. The number of nitrogens with one attached hydrogen (secondary N) is 1. The highest BCUT2D eigenvalue weighted by Crippen LogP contribution is 2.22. The van der Waals surface area contributed by atoms with Gasteiger partial charge >= 0.3 is 0 Å². The number of carbonyl (C=O) groups excluding carboxylic acids is 1. The normalized spacial score (nSPS) is 10.5. The topological polar surface area (TPSA) is 42.0 Å². The Kier molecular flexibility index (Phi) is 4.45. The minimum Gasteiger partial charge on any atom is -0.347 e. The Morgan fingerprint density at radius 2 is 2.05 bits per heavy atom. The Morgan fingerprint density at radius 1 is 1.32 bits per heavy atom. The fraction of sp³-hybridized carbons (Fsp3) is 0.231. The third kappa shape index (κ3) is 3.47. The highest BCUT2D eigenvalue weighted by atomic mass is 35.5. The number of amides is 1. The molecule has 0 aliphatic rings. The summed E-state index contributed by atoms with van der Waals surface area (Å²) in [5.41, 5.74) is 1.45. The van der Waals surface area contributed by atoms with Crippen LogP contribution < -0.4 is 5.32 Å². The first-order valence-electron chi connectivity index (χ1n) is 5.63. The molecule has 0 saturated heterocycles. The lowest BCUT2D eigenvalue weighted by molar-refractivity contribution is 0.0951. The summed E-state index contributed by atoms with van der Waals surface area (Å²) in [6.45, 7) is 4.35. The Morgan fingerprint density at radius 3 is 2.63 bits per heavy atom. The van der Waals surface area contributed by atoms with E-state index in [0.717, 1.165) is 15.6 Å². The van der Waals surface area contributed by atoms with Crippen molar-refractivity contribution in [3.63, 3.8) is 0 Å². The van der Waals surface area contributed by atoms with Crippen molar-refractivity contribution in [3.05, 3.63) is 49.4 Å². The number of nitrogens with zero attached hydrogens (tertiary/aromatic N) is 1. The number of aromatic nitrogens is 1. The van der Waals surface area contributed by atoms with E-state index in [4.69, 9.17) is 23.2 Å². The van der Waals surface area contributed by atoms with Crippen molar-refractivity contribution < 1.29 is 4.79 Å². The first-order valence-corrected chi connectivity index (χ1v) is 7.21. The van der Waals surface area contributed by atoms with Gasteiger partial charge in [-0.3, -0.25) is 4.79 Å². The van der Waals surface area contributed by atoms with E-state index < -0.39 is 0 Å². The van der Waals surface area contributed by atoms with Crippen LogP contribution in [0.25, 0.3) is 0 Å². The molecular weight excluding hydrogens is 303 g/mol. The molecule has 3 nitrogen and oxygen atoms in total. The molecule has 1 amide bonds. The van der Waals surface area contributed by atoms with Gasteiger partial charge in [-0.15, -0.1) is 11.3 Å². The second-order valence-electron chi connectivity index (χ2n) is 4.05. The zero-order chi connectivity index (χ0) is 14.0. The first kappa shape index (κ1) is 14.3. The Labute approximate surface area is 125 Å². The van der Waals surface area contributed by atoms with Crippen LogP contribution in [0.1, 0.15) is 25.9 Å². The van der Waals surface area contributed by atoms with Gasteiger partial charge < -0.3 is 5.32 Å². The highest BCUT2D eigenvalue weighted by molar-refractivity contribution is 7.11. The average Bonchev–Trinajstić information content (AvgIpc) is 2.68. The largest absolute Gasteiger partial charge is 0.347 e. The van der Waals surface area contributed by atoms with E-state index in [1.165, 1.54) is 0 Å². The van der Waals surface area contributed by atoms with Crippen LogP contribution in [-0.2, 0) is 6.54 Å². The molecule has 0 atom stereocenters. The van der Waals surface area contributed by atoms with Crippen LogP contribution in [0, 0.1) is 13.8 Å². The van der Waals surface area contributed by atoms with Gasteiger partial charge in [-0.25, -0.2) is 4.98 Å². The van der Waals surface area contributed by atoms with Gasteiger partial charge in [0.15, 0.2) is 0 Å². The van der Waals surface area contributed by atoms with Crippen LogP contribution in [0.3, 0.4) is 0 Å². The molecule has 0 bridgehead atoms. The van der Waals surface area contributed by atoms with Crippen molar-refractivity contribution in [2.75, 3.05) is 0 Å². The Balaban J connectivity index is 2.05. The highest BCUT2D eigenvalue weighted by Gasteiger charge is 2.10. The van der Waals surface area contributed by atoms with Gasteiger partial charge in [-0.2, -0.15) is 0 Å². The number of rotatable bonds is 3. The lowest BCUT2D eigenvalue weighted by Gasteiger charge is -2.05. The lowest BCUT2D eigenvalue weighted by Crippen LogP contribution is -2.22. The molecule has 1 N–H and O–H groups in total. The molecule has 0 fully saturated rings. The molecule has 19 heavy (non-hydrogen) atoms. The summed E-state index contributed by atoms with van der Waals surface area (Å²) in [6, 6.07) is 4.82. The third-order valence-electron chi connectivity index (χ3n) is 2.59. The number of halogens is 2. The number of hydrogen-bond acceptors (Lipinski definition) is 3. The summed E-state index contributed by atoms with van der Waals surface area (Å²) < 4.78 is 0. The van der Waals surface area contributed by atoms with Crippen LogP contribution >= 0.6 is 34.5 Å². The second-order valence-corrected chi connectivity index (χ2v) is 6.16. The summed E-state index contributed by atoms with van der Waals surface area (Å²) in [6.07, 6.45) is 0. The van der Waals surface area contributed by atoms with E-state index in [2.05, 4.69) is 10.3 Å². The van der Waals surface area contributed by atoms with E-state index in [-0.39, 0.29) is 5.91 Å². The zero-order valence-corrected chi connectivity index (χ0v) is 12.8. The minimum absolute atomic E-state index is 0.177. The summed E-state index contributed by atoms with van der Waals surface area (Å²) in [4.78, 5) is 17.3. The van der Waals surface area contributed by atoms with E-state index in [9.17, 15) is 4.79 Å². The molecule has 2 aromatic rings. The van der Waals surface area contributed by atoms with Crippen LogP contribution in [0.5, 0.6) is 0 Å². The molecule has 2 rings (SSSR count). The molecule has 0 saturated carbocycles. The van der Waals surface area contributed by atoms with Crippen molar-refractivity contribution in [1.82, 2.24) is 10.3 Å². The molecule has 1 aromatic heterocycles. The summed E-state index contributed by atoms with van der Waals surface area (Å²) in [5.74, 6) is -0.177. The van der Waals surface area contributed by atoms with Crippen molar-refractivity contribution in [2.24, 2.45) is 0 Å². The molecule has 0 radical (unpaired) electrons. The minimum atomic E-state index is -0.177. The SMILES string of the molecule is Cc1nc(C)c(CNC(=O)c2ccc(Cl)c(Cl)c2)s1. The van der Waals surface area contributed by atoms with Crippen molar-refractivity contribution in [3.8, 4) is 0 Å². The monoisotopic (exact) mass is 314 g/mol. The van der Waals surface area contributed by atoms with E-state index in [0.29, 0.717) is 22.2 Å². The average molecular weight is 315 g/mol. The fourth-order valence-electron chi connectivity index (χ4n) is 1.64. The quantitative estimate of drug-likeness (QED) is 0.930. The summed E-state index contributed by atoms with van der Waals surface area (Å²) in [5, 5.41) is 4.65. The Bertz CT molecular complexity index is 625. The van der Waals surface area contributed by atoms with E-state index in [1.54, 1.807) is 29.5 Å². The van der Waals surface area contributed by atoms with Gasteiger partial charge in [0, 0.05) is 10.4 Å². The molecule has 1 aromatic carbocycles. The van der Waals surface area contributed by atoms with Gasteiger partial charge in [-0.05, 0) is 32.0 Å². The number of aryl methyl sites for hydroxylation is 2. The van der Waals surface area contributed by atoms with Gasteiger partial charge in [0.25, 0.3) is 5.91 Å². The number of thiazole rings is 1. The maximum atomic E-state index is 12.0. The zero-order valence-electron chi connectivity index (χ0n) is 10.5. The smallest absolute Gasteiger partial charge is 0.251 e. The van der Waals surface area contributed by atoms with Crippen LogP contribution in [0.15, 0.2) is 18.2 Å². The number of hydrogen-bond donors (Lipinski definition) is 1. The van der Waals surface area contributed by atoms with Crippen LogP contribution in [0.2, 0.25) is 10.0 Å². The van der Waals surface area contributed by atoms with Gasteiger partial charge in [0.05, 0.1) is 27.3 Å². The fourth-order valence-corrected chi connectivity index (χ4v) is 2.81. The number of carbonyl (C=O) groups is 1. The van der Waals surface area contributed by atoms with Gasteiger partial charge in [-0.1, -0.05) is 23.2 Å². The molecule has 0 aliphatic heterocycles. The third-order valence-corrected chi connectivity index (χ3v) is 4.40. The van der Waals surface area contributed by atoms with Crippen molar-refractivity contribution in [1.29, 1.82) is 0 Å². The van der Waals surface area contributed by atoms with Crippen molar-refractivity contribution >= 4 is 40.4 Å². The van der Waals surface area contributed by atoms with Gasteiger partial charge in [0.2, 0.25) is 0 Å². The van der Waals surface area contributed by atoms with Gasteiger partial charge in [0.1, 0.15) is 0 Å². The van der Waals surface area contributed by atoms with Crippen LogP contribution in [-0.4, -0.2) is 10.9 Å². The first-order chi connectivity index (χ1) is 8.97. The lowest BCUT2D eigenvalue weighted by atomic mass is 10.2. The predicted octanol–water partition coefficient (Wildman–Crippen LogP) is 4.00. The Hall–Kier alpha value is -1.10. The molecule has 1 heterocycles. The molecule has 100 valence electrons. The van der Waals surface area contributed by atoms with Crippen LogP contribution in [0.4, 0.5) is 0 Å². The standard InChI is InChI=1S/C13H12Cl2N2OS/c1-7-12(19-8(2)17-7)6-16-13(18)9-3-4-10(14)11(15)5-9/h3-5H,6H2,1-2H3,(H,16,18). The summed E-state index contributed by atoms with van der Waals surface area (Å²) >= 11 is 13.3. The predicted molar refractivity (Wildman–Crippen MR) is 79.2 cm³/mol. The second kappa shape index (κ2) is 5.90. The molecule has 0 aliphatic carbocycles. The molecule has 0 spiro atoms. The van der Waals surface area contributed by atoms with E-state index >= 15 is 0 Å². The molecule has 0 unspecified atom stereocenters. The van der Waals surface area contributed by atoms with Crippen molar-refractivity contribution in [2.45, 2.75) is 20.4 Å². The maximum absolute atomic E-state index is 12.0. The summed E-state index contributed by atoms with van der Waals surface area (Å²) in [7, 11) is 0. The molecule has 6 heteroatoms.